The van der Waals surface area contributed by atoms with Crippen molar-refractivity contribution >= 4 is 17.3 Å². The van der Waals surface area contributed by atoms with Crippen molar-refractivity contribution in [2.24, 2.45) is 0 Å². The summed E-state index contributed by atoms with van der Waals surface area (Å²) in [5.41, 5.74) is 4.32. The lowest BCUT2D eigenvalue weighted by molar-refractivity contribution is 0.302. The van der Waals surface area contributed by atoms with Crippen LogP contribution >= 0.6 is 12.2 Å². The first-order valence-electron chi connectivity index (χ1n) is 9.76. The predicted molar refractivity (Wildman–Crippen MR) is 119 cm³/mol. The third-order valence-corrected chi connectivity index (χ3v) is 5.68. The van der Waals surface area contributed by atoms with E-state index in [4.69, 9.17) is 12.2 Å². The fraction of sp³-hybridized carbons (Fsp3) is 0.130. The van der Waals surface area contributed by atoms with Gasteiger partial charge in [0, 0.05) is 55.1 Å². The number of thiocarbonyl (C=S) groups is 1. The number of pyridine rings is 3. The molecule has 1 saturated heterocycles. The summed E-state index contributed by atoms with van der Waals surface area (Å²) in [5.74, 6) is 0. The Morgan fingerprint density at radius 2 is 1.63 bits per heavy atom. The van der Waals surface area contributed by atoms with Crippen molar-refractivity contribution in [2.75, 3.05) is 0 Å². The average molecular weight is 413 g/mol. The molecule has 4 aromatic heterocycles. The molecule has 0 amide bonds. The molecule has 0 aromatic carbocycles. The first-order chi connectivity index (χ1) is 14.8. The van der Waals surface area contributed by atoms with E-state index in [9.17, 15) is 0 Å². The number of hydrogen-bond donors (Lipinski definition) is 1. The second-order valence-corrected chi connectivity index (χ2v) is 7.51. The van der Waals surface area contributed by atoms with Gasteiger partial charge in [-0.2, -0.15) is 0 Å². The third kappa shape index (κ3) is 3.44. The summed E-state index contributed by atoms with van der Waals surface area (Å²) in [6, 6.07) is 18.2. The van der Waals surface area contributed by atoms with Gasteiger partial charge in [0.25, 0.3) is 0 Å². The molecule has 0 unspecified atom stereocenters. The highest BCUT2D eigenvalue weighted by Crippen LogP contribution is 2.40. The number of nitrogens with zero attached hydrogens (tertiary/aromatic N) is 5. The first-order valence-corrected chi connectivity index (χ1v) is 10.2. The van der Waals surface area contributed by atoms with Crippen LogP contribution in [0.5, 0.6) is 0 Å². The highest BCUT2D eigenvalue weighted by Gasteiger charge is 2.41. The van der Waals surface area contributed by atoms with Crippen LogP contribution in [0.25, 0.3) is 5.69 Å². The molecule has 5 rings (SSSR count). The smallest absolute Gasteiger partial charge is 0.170 e. The van der Waals surface area contributed by atoms with Crippen molar-refractivity contribution < 1.29 is 0 Å². The zero-order valence-electron chi connectivity index (χ0n) is 16.2. The number of rotatable bonds is 5. The van der Waals surface area contributed by atoms with Crippen molar-refractivity contribution in [2.45, 2.75) is 18.6 Å². The van der Waals surface area contributed by atoms with Gasteiger partial charge < -0.3 is 14.8 Å². The summed E-state index contributed by atoms with van der Waals surface area (Å²) in [6.07, 6.45) is 11.1. The molecule has 148 valence electrons. The van der Waals surface area contributed by atoms with E-state index in [1.807, 2.05) is 73.4 Å². The number of aromatic nitrogens is 4. The Hall–Kier alpha value is -3.58. The van der Waals surface area contributed by atoms with Crippen molar-refractivity contribution in [1.82, 2.24) is 29.7 Å². The molecule has 0 bridgehead atoms. The Morgan fingerprint density at radius 1 is 0.867 bits per heavy atom. The molecule has 5 heterocycles. The minimum absolute atomic E-state index is 0.0243. The monoisotopic (exact) mass is 412 g/mol. The molecular weight excluding hydrogens is 392 g/mol. The van der Waals surface area contributed by atoms with Crippen LogP contribution in [0.4, 0.5) is 0 Å². The summed E-state index contributed by atoms with van der Waals surface area (Å²) in [5, 5.41) is 4.23. The van der Waals surface area contributed by atoms with Gasteiger partial charge in [0.2, 0.25) is 0 Å². The lowest BCUT2D eigenvalue weighted by Crippen LogP contribution is -2.30. The van der Waals surface area contributed by atoms with E-state index in [1.165, 1.54) is 0 Å². The van der Waals surface area contributed by atoms with Crippen LogP contribution in [-0.4, -0.2) is 29.5 Å². The van der Waals surface area contributed by atoms with Crippen molar-refractivity contribution in [1.29, 1.82) is 0 Å². The SMILES string of the molecule is S=C1N[C@@H](c2ccccn2)[C@H](c2cccn2-c2ccncc2)N1Cc1ccncc1. The molecule has 0 radical (unpaired) electrons. The fourth-order valence-corrected chi connectivity index (χ4v) is 4.26. The zero-order chi connectivity index (χ0) is 20.3. The largest absolute Gasteiger partial charge is 0.352 e. The van der Waals surface area contributed by atoms with E-state index >= 15 is 0 Å². The van der Waals surface area contributed by atoms with Crippen LogP contribution in [-0.2, 0) is 6.54 Å². The first kappa shape index (κ1) is 18.4. The Morgan fingerprint density at radius 3 is 2.37 bits per heavy atom. The lowest BCUT2D eigenvalue weighted by Gasteiger charge is -2.29. The minimum Gasteiger partial charge on any atom is -0.352 e. The number of nitrogens with one attached hydrogen (secondary N) is 1. The molecule has 6 nitrogen and oxygen atoms in total. The molecule has 2 atom stereocenters. The lowest BCUT2D eigenvalue weighted by atomic mass is 10.0. The molecule has 1 fully saturated rings. The van der Waals surface area contributed by atoms with E-state index in [2.05, 4.69) is 48.1 Å². The normalized spacial score (nSPS) is 18.4. The third-order valence-electron chi connectivity index (χ3n) is 5.32. The summed E-state index contributed by atoms with van der Waals surface area (Å²) >= 11 is 5.78. The summed E-state index contributed by atoms with van der Waals surface area (Å²) in [7, 11) is 0. The molecule has 0 aliphatic carbocycles. The average Bonchev–Trinajstić information content (AvgIpc) is 3.40. The standard InChI is InChI=1S/C23H20N6S/c30-23-27-21(19-4-1-2-10-26-19)22(29(23)16-17-6-11-24-12-7-17)20-5-3-15-28(20)18-8-13-25-14-9-18/h1-15,21-22H,16H2,(H,27,30)/t21-,22-/m0/s1. The number of hydrogen-bond acceptors (Lipinski definition) is 4. The quantitative estimate of drug-likeness (QED) is 0.503. The highest BCUT2D eigenvalue weighted by atomic mass is 32.1. The molecular formula is C23H20N6S. The van der Waals surface area contributed by atoms with E-state index in [0.717, 1.165) is 27.8 Å². The van der Waals surface area contributed by atoms with Gasteiger partial charge in [-0.3, -0.25) is 15.0 Å². The molecule has 0 saturated carbocycles. The summed E-state index contributed by atoms with van der Waals surface area (Å²) in [6.45, 7) is 0.684. The van der Waals surface area contributed by atoms with Gasteiger partial charge in [0.1, 0.15) is 0 Å². The van der Waals surface area contributed by atoms with E-state index in [1.54, 1.807) is 0 Å². The van der Waals surface area contributed by atoms with E-state index in [0.29, 0.717) is 6.54 Å². The Labute approximate surface area is 180 Å². The molecule has 1 N–H and O–H groups in total. The van der Waals surface area contributed by atoms with Gasteiger partial charge >= 0.3 is 0 Å². The predicted octanol–water partition coefficient (Wildman–Crippen LogP) is 3.84. The van der Waals surface area contributed by atoms with Crippen molar-refractivity contribution in [3.05, 3.63) is 109 Å². The topological polar surface area (TPSA) is 58.9 Å². The maximum Gasteiger partial charge on any atom is 0.170 e. The molecule has 7 heteroatoms. The molecule has 1 aliphatic heterocycles. The van der Waals surface area contributed by atoms with Crippen molar-refractivity contribution in [3.63, 3.8) is 0 Å². The summed E-state index contributed by atoms with van der Waals surface area (Å²) < 4.78 is 2.19. The van der Waals surface area contributed by atoms with Gasteiger partial charge in [0.05, 0.1) is 17.8 Å². The van der Waals surface area contributed by atoms with Crippen LogP contribution < -0.4 is 5.32 Å². The van der Waals surface area contributed by atoms with Crippen LogP contribution in [0.3, 0.4) is 0 Å². The fourth-order valence-electron chi connectivity index (χ4n) is 3.96. The second-order valence-electron chi connectivity index (χ2n) is 7.12. The summed E-state index contributed by atoms with van der Waals surface area (Å²) in [4.78, 5) is 15.1. The van der Waals surface area contributed by atoms with E-state index in [-0.39, 0.29) is 12.1 Å². The molecule has 30 heavy (non-hydrogen) atoms. The second kappa shape index (κ2) is 8.04. The van der Waals surface area contributed by atoms with Gasteiger partial charge in [-0.1, -0.05) is 6.07 Å². The van der Waals surface area contributed by atoms with Gasteiger partial charge in [-0.25, -0.2) is 0 Å². The Balaban J connectivity index is 1.60. The molecule has 4 aromatic rings. The molecule has 1 aliphatic rings. The maximum atomic E-state index is 5.78. The van der Waals surface area contributed by atoms with Gasteiger partial charge in [-0.15, -0.1) is 0 Å². The van der Waals surface area contributed by atoms with Gasteiger partial charge in [-0.05, 0) is 66.3 Å². The minimum atomic E-state index is -0.0592. The van der Waals surface area contributed by atoms with Crippen molar-refractivity contribution in [3.8, 4) is 5.69 Å². The van der Waals surface area contributed by atoms with Crippen LogP contribution in [0.15, 0.2) is 91.8 Å². The Kier molecular flexibility index (Phi) is 4.94. The van der Waals surface area contributed by atoms with Gasteiger partial charge in [0.15, 0.2) is 5.11 Å². The zero-order valence-corrected chi connectivity index (χ0v) is 17.0. The van der Waals surface area contributed by atoms with Crippen LogP contribution in [0.1, 0.15) is 29.0 Å². The molecule has 0 spiro atoms. The maximum absolute atomic E-state index is 5.78. The Bertz CT molecular complexity index is 1130. The van der Waals surface area contributed by atoms with Crippen LogP contribution in [0, 0.1) is 0 Å². The highest BCUT2D eigenvalue weighted by molar-refractivity contribution is 7.80. The van der Waals surface area contributed by atoms with E-state index < -0.39 is 0 Å². The van der Waals surface area contributed by atoms with Crippen LogP contribution in [0.2, 0.25) is 0 Å².